The van der Waals surface area contributed by atoms with Crippen LogP contribution < -0.4 is 26.6 Å². The lowest BCUT2D eigenvalue weighted by atomic mass is 9.85. The third kappa shape index (κ3) is 10.8. The van der Waals surface area contributed by atoms with Gasteiger partial charge in [0, 0.05) is 56.7 Å². The molecule has 5 aromatic rings. The number of para-hydroxylation sites is 3. The van der Waals surface area contributed by atoms with Gasteiger partial charge in [-0.3, -0.25) is 14.4 Å². The lowest BCUT2D eigenvalue weighted by molar-refractivity contribution is -0.253. The molecule has 3 saturated heterocycles. The van der Waals surface area contributed by atoms with Gasteiger partial charge in [-0.2, -0.15) is 0 Å². The van der Waals surface area contributed by atoms with Crippen molar-refractivity contribution < 1.29 is 29.0 Å². The van der Waals surface area contributed by atoms with Crippen molar-refractivity contribution >= 4 is 34.8 Å². The molecular formula is C52H60N6O6. The number of anilines is 3. The number of benzene rings is 5. The fourth-order valence-electron chi connectivity index (χ4n) is 9.27. The van der Waals surface area contributed by atoms with Crippen molar-refractivity contribution in [2.45, 2.75) is 95.0 Å². The Morgan fingerprint density at radius 2 is 1.44 bits per heavy atom. The Balaban J connectivity index is 0.855. The highest BCUT2D eigenvalue weighted by Gasteiger charge is 2.50. The Hall–Kier alpha value is -6.05. The van der Waals surface area contributed by atoms with E-state index in [0.717, 1.165) is 97.2 Å². The van der Waals surface area contributed by atoms with Gasteiger partial charge in [0.15, 0.2) is 6.29 Å². The molecule has 5 aromatic carbocycles. The van der Waals surface area contributed by atoms with Gasteiger partial charge in [-0.05, 0) is 77.8 Å². The minimum Gasteiger partial charge on any atom is -0.397 e. The lowest BCUT2D eigenvalue weighted by Gasteiger charge is -2.45. The number of carbonyl (C=O) groups excluding carboxylic acids is 3. The van der Waals surface area contributed by atoms with Crippen LogP contribution in [0.25, 0.3) is 11.1 Å². The molecule has 0 saturated carbocycles. The van der Waals surface area contributed by atoms with E-state index in [9.17, 15) is 19.5 Å². The molecule has 3 aliphatic heterocycles. The summed E-state index contributed by atoms with van der Waals surface area (Å²) in [5.41, 5.74) is 13.5. The standard InChI is InChI=1S/C52H60N6O6/c53-45-16-10-11-17-46(45)56-49(61)19-7-2-1-6-18-48(60)54-33-41-12-8-9-15-44(41)38-24-26-40(27-25-38)50-63-43(32-47(64-50)39-22-20-37(35-59)21-23-39)34-57-30-28-52(29-31-57)51(62)55-36-58(52)42-13-4-3-5-14-42/h3-5,8-17,20-27,43,47,50,59H,1-2,6-7,18-19,28-36,53H2,(H,54,60)(H,55,62)(H,56,61)/t43-,47+,50+/m1/s1. The van der Waals surface area contributed by atoms with Crippen LogP contribution in [0.3, 0.4) is 0 Å². The van der Waals surface area contributed by atoms with Crippen molar-refractivity contribution in [3.05, 3.63) is 150 Å². The fraction of sp³-hybridized carbons (Fsp3) is 0.365. The number of nitrogens with two attached hydrogens (primary N) is 1. The molecule has 3 aliphatic rings. The summed E-state index contributed by atoms with van der Waals surface area (Å²) >= 11 is 0. The van der Waals surface area contributed by atoms with Gasteiger partial charge in [-0.25, -0.2) is 0 Å². The Kier molecular flexibility index (Phi) is 14.7. The number of nitrogens with zero attached hydrogens (tertiary/aromatic N) is 2. The number of unbranched alkanes of at least 4 members (excludes halogenated alkanes) is 3. The largest absolute Gasteiger partial charge is 0.397 e. The van der Waals surface area contributed by atoms with Crippen LogP contribution in [0.5, 0.6) is 0 Å². The van der Waals surface area contributed by atoms with E-state index in [1.165, 1.54) is 0 Å². The molecule has 0 radical (unpaired) electrons. The number of likely N-dealkylation sites (tertiary alicyclic amines) is 1. The third-order valence-corrected chi connectivity index (χ3v) is 12.9. The number of nitrogen functional groups attached to an aromatic ring is 1. The molecule has 0 unspecified atom stereocenters. The first-order valence-corrected chi connectivity index (χ1v) is 22.7. The van der Waals surface area contributed by atoms with E-state index in [1.54, 1.807) is 12.1 Å². The molecule has 1 spiro atoms. The van der Waals surface area contributed by atoms with Crippen LogP contribution >= 0.6 is 0 Å². The van der Waals surface area contributed by atoms with Crippen molar-refractivity contribution in [3.8, 4) is 11.1 Å². The summed E-state index contributed by atoms with van der Waals surface area (Å²) in [6.07, 6.45) is 5.31. The summed E-state index contributed by atoms with van der Waals surface area (Å²) in [5, 5.41) is 18.8. The van der Waals surface area contributed by atoms with Crippen molar-refractivity contribution in [2.24, 2.45) is 0 Å². The number of aliphatic hydroxyl groups excluding tert-OH is 1. The Labute approximate surface area is 376 Å². The Morgan fingerprint density at radius 3 is 2.17 bits per heavy atom. The van der Waals surface area contributed by atoms with Crippen molar-refractivity contribution in [3.63, 3.8) is 0 Å². The van der Waals surface area contributed by atoms with Crippen LogP contribution in [0.2, 0.25) is 0 Å². The maximum atomic E-state index is 13.3. The number of nitrogens with one attached hydrogen (secondary N) is 3. The van der Waals surface area contributed by atoms with Crippen LogP contribution in [0.4, 0.5) is 17.1 Å². The zero-order chi connectivity index (χ0) is 44.3. The molecule has 3 amide bonds. The van der Waals surface area contributed by atoms with Gasteiger partial charge in [-0.1, -0.05) is 116 Å². The smallest absolute Gasteiger partial charge is 0.247 e. The highest BCUT2D eigenvalue weighted by Crippen LogP contribution is 2.41. The first-order valence-electron chi connectivity index (χ1n) is 22.7. The first kappa shape index (κ1) is 44.6. The van der Waals surface area contributed by atoms with E-state index in [2.05, 4.69) is 68.2 Å². The summed E-state index contributed by atoms with van der Waals surface area (Å²) in [7, 11) is 0. The lowest BCUT2D eigenvalue weighted by Crippen LogP contribution is -2.57. The Bertz CT molecular complexity index is 2330. The van der Waals surface area contributed by atoms with Gasteiger partial charge >= 0.3 is 0 Å². The van der Waals surface area contributed by atoms with E-state index in [0.29, 0.717) is 43.9 Å². The van der Waals surface area contributed by atoms with Crippen molar-refractivity contribution in [1.29, 1.82) is 0 Å². The molecule has 3 heterocycles. The SMILES string of the molecule is Nc1ccccc1NC(=O)CCCCCCC(=O)NCc1ccccc1-c1ccc([C@H]2O[C@@H](CN3CCC4(CC3)C(=O)NCN4c3ccccc3)C[C@@H](c3ccc(CO)cc3)O2)cc1. The van der Waals surface area contributed by atoms with Crippen LogP contribution in [0.15, 0.2) is 127 Å². The molecule has 12 nitrogen and oxygen atoms in total. The third-order valence-electron chi connectivity index (χ3n) is 12.9. The average Bonchev–Trinajstić information content (AvgIpc) is 3.65. The highest BCUT2D eigenvalue weighted by atomic mass is 16.7. The van der Waals surface area contributed by atoms with Crippen LogP contribution in [-0.2, 0) is 37.0 Å². The predicted octanol–water partition coefficient (Wildman–Crippen LogP) is 8.00. The fourth-order valence-corrected chi connectivity index (χ4v) is 9.27. The van der Waals surface area contributed by atoms with Crippen LogP contribution in [0.1, 0.15) is 92.4 Å². The number of ether oxygens (including phenoxy) is 2. The van der Waals surface area contributed by atoms with Gasteiger partial charge in [0.1, 0.15) is 5.54 Å². The number of carbonyl (C=O) groups is 3. The molecule has 0 bridgehead atoms. The molecule has 64 heavy (non-hydrogen) atoms. The second-order valence-electron chi connectivity index (χ2n) is 17.2. The molecule has 6 N–H and O–H groups in total. The number of aliphatic hydroxyl groups is 1. The second kappa shape index (κ2) is 21.1. The molecule has 8 rings (SSSR count). The number of rotatable bonds is 17. The number of piperidine rings is 1. The summed E-state index contributed by atoms with van der Waals surface area (Å²) in [4.78, 5) is 43.2. The maximum absolute atomic E-state index is 13.3. The molecule has 0 aromatic heterocycles. The minimum atomic E-state index is -0.596. The molecule has 3 fully saturated rings. The van der Waals surface area contributed by atoms with Gasteiger partial charge < -0.3 is 46.1 Å². The molecular weight excluding hydrogens is 805 g/mol. The van der Waals surface area contributed by atoms with E-state index in [4.69, 9.17) is 15.2 Å². The first-order chi connectivity index (χ1) is 31.3. The van der Waals surface area contributed by atoms with E-state index in [-0.39, 0.29) is 36.5 Å². The average molecular weight is 865 g/mol. The molecule has 12 heteroatoms. The van der Waals surface area contributed by atoms with Gasteiger partial charge in [0.05, 0.1) is 36.9 Å². The summed E-state index contributed by atoms with van der Waals surface area (Å²) in [5.74, 6) is 0.0563. The molecule has 0 aliphatic carbocycles. The van der Waals surface area contributed by atoms with Gasteiger partial charge in [0.25, 0.3) is 0 Å². The zero-order valence-corrected chi connectivity index (χ0v) is 36.4. The highest BCUT2D eigenvalue weighted by molar-refractivity contribution is 5.94. The predicted molar refractivity (Wildman–Crippen MR) is 250 cm³/mol. The quantitative estimate of drug-likeness (QED) is 0.0462. The number of hydrogen-bond acceptors (Lipinski definition) is 9. The van der Waals surface area contributed by atoms with E-state index in [1.807, 2.05) is 72.8 Å². The maximum Gasteiger partial charge on any atom is 0.247 e. The normalized spacial score (nSPS) is 19.6. The number of amides is 3. The van der Waals surface area contributed by atoms with Gasteiger partial charge in [-0.15, -0.1) is 0 Å². The van der Waals surface area contributed by atoms with Crippen LogP contribution in [0, 0.1) is 0 Å². The summed E-state index contributed by atoms with van der Waals surface area (Å²) < 4.78 is 13.5. The number of hydrogen-bond donors (Lipinski definition) is 5. The minimum absolute atomic E-state index is 0.00593. The monoisotopic (exact) mass is 864 g/mol. The molecule has 334 valence electrons. The topological polar surface area (TPSA) is 158 Å². The van der Waals surface area contributed by atoms with Gasteiger partial charge in [0.2, 0.25) is 17.7 Å². The summed E-state index contributed by atoms with van der Waals surface area (Å²) in [6, 6.07) is 41.8. The van der Waals surface area contributed by atoms with Crippen LogP contribution in [-0.4, -0.2) is 65.7 Å². The van der Waals surface area contributed by atoms with Crippen molar-refractivity contribution in [1.82, 2.24) is 15.5 Å². The zero-order valence-electron chi connectivity index (χ0n) is 36.4. The molecule has 3 atom stereocenters. The van der Waals surface area contributed by atoms with Crippen molar-refractivity contribution in [2.75, 3.05) is 42.3 Å². The summed E-state index contributed by atoms with van der Waals surface area (Å²) in [6.45, 7) is 3.19. The van der Waals surface area contributed by atoms with E-state index < -0.39 is 11.8 Å². The van der Waals surface area contributed by atoms with E-state index >= 15 is 0 Å². The Morgan fingerprint density at radius 1 is 0.766 bits per heavy atom. The second-order valence-corrected chi connectivity index (χ2v) is 17.2.